The zero-order valence-electron chi connectivity index (χ0n) is 25.2. The van der Waals surface area contributed by atoms with Gasteiger partial charge in [0.15, 0.2) is 0 Å². The van der Waals surface area contributed by atoms with E-state index in [1.807, 2.05) is 6.08 Å². The molecule has 0 heterocycles. The lowest BCUT2D eigenvalue weighted by atomic mass is 9.93. The Morgan fingerprint density at radius 3 is 1.35 bits per heavy atom. The average Bonchev–Trinajstić information content (AvgIpc) is 2.82. The highest BCUT2D eigenvalue weighted by molar-refractivity contribution is 5.74. The van der Waals surface area contributed by atoms with E-state index < -0.39 is 0 Å². The van der Waals surface area contributed by atoms with Crippen molar-refractivity contribution in [2.24, 2.45) is 15.8 Å². The molecule has 0 saturated heterocycles. The maximum absolute atomic E-state index is 11.0. The van der Waals surface area contributed by atoms with Gasteiger partial charge in [0.1, 0.15) is 0 Å². The van der Waals surface area contributed by atoms with E-state index in [0.29, 0.717) is 5.41 Å². The number of aliphatic imine (C=N–C) groups is 1. The molecule has 0 atom stereocenters. The van der Waals surface area contributed by atoms with E-state index >= 15 is 0 Å². The van der Waals surface area contributed by atoms with Crippen LogP contribution in [0.3, 0.4) is 0 Å². The molecule has 0 bridgehead atoms. The first-order chi connectivity index (χ1) is 16.9. The van der Waals surface area contributed by atoms with Gasteiger partial charge in [-0.15, -0.1) is 6.58 Å². The number of allylic oxidation sites excluding steroid dienone is 1. The highest BCUT2D eigenvalue weighted by Gasteiger charge is 2.16. The molecule has 11 nitrogen and oxygen atoms in total. The highest BCUT2D eigenvalue weighted by Crippen LogP contribution is 2.17. The third kappa shape index (κ3) is 46.4. The van der Waals surface area contributed by atoms with Crippen LogP contribution in [0, 0.1) is 10.8 Å². The number of amides is 6. The SMILES string of the molecule is C=CCC(C)(C)C.C=CN(C)C(=O)NC.C=CN=C=O.CNC(=O)N(C)CC(C)(C)C.CNC(=O)NC. The van der Waals surface area contributed by atoms with Crippen LogP contribution in [0.25, 0.3) is 0 Å². The van der Waals surface area contributed by atoms with E-state index in [-0.39, 0.29) is 23.5 Å². The second-order valence-corrected chi connectivity index (χ2v) is 9.61. The van der Waals surface area contributed by atoms with Crippen LogP contribution in [-0.2, 0) is 4.79 Å². The Balaban J connectivity index is -0.000000119. The Bertz CT molecular complexity index is 684. The molecule has 0 saturated carbocycles. The van der Waals surface area contributed by atoms with Gasteiger partial charge >= 0.3 is 18.1 Å². The Morgan fingerprint density at radius 2 is 1.24 bits per heavy atom. The molecule has 0 aliphatic heterocycles. The van der Waals surface area contributed by atoms with Crippen molar-refractivity contribution in [2.45, 2.75) is 48.0 Å². The molecule has 0 aliphatic carbocycles. The Kier molecular flexibility index (Phi) is 31.7. The quantitative estimate of drug-likeness (QED) is 0.246. The molecule has 0 rings (SSSR count). The summed E-state index contributed by atoms with van der Waals surface area (Å²) >= 11 is 0. The number of isocyanates is 1. The van der Waals surface area contributed by atoms with Crippen molar-refractivity contribution in [2.75, 3.05) is 48.8 Å². The molecule has 0 unspecified atom stereocenters. The lowest BCUT2D eigenvalue weighted by Crippen LogP contribution is -2.39. The minimum atomic E-state index is -0.157. The molecule has 0 aliphatic rings. The summed E-state index contributed by atoms with van der Waals surface area (Å²) in [4.78, 5) is 46.5. The Hall–Kier alpha value is -3.59. The molecule has 11 heteroatoms. The summed E-state index contributed by atoms with van der Waals surface area (Å²) in [5, 5.41) is 9.73. The molecule has 0 spiro atoms. The lowest BCUT2D eigenvalue weighted by molar-refractivity contribution is 0.190. The number of hydrogen-bond acceptors (Lipinski definition) is 5. The maximum Gasteiger partial charge on any atom is 0.320 e. The van der Waals surface area contributed by atoms with Gasteiger partial charge in [-0.05, 0) is 17.3 Å². The first kappa shape index (κ1) is 43.5. The van der Waals surface area contributed by atoms with Crippen LogP contribution < -0.4 is 21.3 Å². The largest absolute Gasteiger partial charge is 0.341 e. The van der Waals surface area contributed by atoms with Crippen molar-refractivity contribution in [1.82, 2.24) is 31.1 Å². The minimum absolute atomic E-state index is 0.0278. The summed E-state index contributed by atoms with van der Waals surface area (Å²) < 4.78 is 0. The number of hydrogen-bond donors (Lipinski definition) is 4. The van der Waals surface area contributed by atoms with Gasteiger partial charge in [0.05, 0.1) is 0 Å². The van der Waals surface area contributed by atoms with E-state index in [4.69, 9.17) is 4.79 Å². The molecule has 0 radical (unpaired) electrons. The van der Waals surface area contributed by atoms with Crippen molar-refractivity contribution >= 4 is 24.2 Å². The zero-order valence-corrected chi connectivity index (χ0v) is 25.2. The summed E-state index contributed by atoms with van der Waals surface area (Å²) in [5.74, 6) is 0. The first-order valence-corrected chi connectivity index (χ1v) is 11.6. The molecule has 0 aromatic rings. The van der Waals surface area contributed by atoms with Crippen LogP contribution in [0.15, 0.2) is 43.2 Å². The average molecular weight is 528 g/mol. The van der Waals surface area contributed by atoms with E-state index in [1.165, 1.54) is 17.2 Å². The normalized spacial score (nSPS) is 8.86. The van der Waals surface area contributed by atoms with Crippen LogP contribution in [0.5, 0.6) is 0 Å². The fourth-order valence-electron chi connectivity index (χ4n) is 1.83. The summed E-state index contributed by atoms with van der Waals surface area (Å²) in [6, 6.07) is -0.338. The van der Waals surface area contributed by atoms with Crippen molar-refractivity contribution < 1.29 is 19.2 Å². The Labute approximate surface area is 225 Å². The van der Waals surface area contributed by atoms with Crippen molar-refractivity contribution in [1.29, 1.82) is 0 Å². The summed E-state index contributed by atoms with van der Waals surface area (Å²) in [6.07, 6.45) is 6.91. The fourth-order valence-corrected chi connectivity index (χ4v) is 1.83. The molecule has 0 aromatic carbocycles. The highest BCUT2D eigenvalue weighted by atomic mass is 16.2. The van der Waals surface area contributed by atoms with Gasteiger partial charge in [0, 0.05) is 61.2 Å². The number of rotatable bonds is 4. The predicted octanol–water partition coefficient (Wildman–Crippen LogP) is 4.32. The number of carbonyl (C=O) groups is 3. The molecule has 216 valence electrons. The maximum atomic E-state index is 11.0. The number of urea groups is 3. The fraction of sp³-hybridized carbons (Fsp3) is 0.615. The van der Waals surface area contributed by atoms with Gasteiger partial charge in [-0.3, -0.25) is 0 Å². The lowest BCUT2D eigenvalue weighted by Gasteiger charge is -2.26. The van der Waals surface area contributed by atoms with Crippen LogP contribution in [0.1, 0.15) is 48.0 Å². The molecule has 37 heavy (non-hydrogen) atoms. The molecule has 6 amide bonds. The second kappa shape index (κ2) is 27.0. The topological polar surface area (TPSA) is 135 Å². The zero-order chi connectivity index (χ0) is 30.7. The van der Waals surface area contributed by atoms with Gasteiger partial charge in [-0.2, -0.15) is 4.99 Å². The van der Waals surface area contributed by atoms with Gasteiger partial charge < -0.3 is 31.1 Å². The molecule has 4 N–H and O–H groups in total. The van der Waals surface area contributed by atoms with Crippen LogP contribution in [0.4, 0.5) is 14.4 Å². The molecule has 0 fully saturated rings. The Morgan fingerprint density at radius 1 is 0.811 bits per heavy atom. The van der Waals surface area contributed by atoms with E-state index in [0.717, 1.165) is 19.2 Å². The molecular formula is C26H53N7O4. The third-order valence-electron chi connectivity index (χ3n) is 3.43. The van der Waals surface area contributed by atoms with Gasteiger partial charge in [-0.1, -0.05) is 60.8 Å². The number of carbonyl (C=O) groups excluding carboxylic acids is 4. The summed E-state index contributed by atoms with van der Waals surface area (Å²) in [7, 11) is 9.78. The van der Waals surface area contributed by atoms with Crippen molar-refractivity contribution in [3.05, 3.63) is 38.2 Å². The van der Waals surface area contributed by atoms with E-state index in [1.54, 1.807) is 47.2 Å². The third-order valence-corrected chi connectivity index (χ3v) is 3.43. The predicted molar refractivity (Wildman–Crippen MR) is 155 cm³/mol. The van der Waals surface area contributed by atoms with Gasteiger partial charge in [0.25, 0.3) is 0 Å². The van der Waals surface area contributed by atoms with E-state index in [2.05, 4.69) is 87.5 Å². The van der Waals surface area contributed by atoms with Gasteiger partial charge in [0.2, 0.25) is 6.08 Å². The number of nitrogens with one attached hydrogen (secondary N) is 4. The van der Waals surface area contributed by atoms with Crippen molar-refractivity contribution in [3.8, 4) is 0 Å². The summed E-state index contributed by atoms with van der Waals surface area (Å²) in [5.41, 5.74) is 0.600. The monoisotopic (exact) mass is 527 g/mol. The van der Waals surface area contributed by atoms with E-state index in [9.17, 15) is 14.4 Å². The van der Waals surface area contributed by atoms with Crippen LogP contribution in [-0.4, -0.2) is 82.8 Å². The standard InChI is InChI=1S/C8H18N2O.C7H14.C5H10N2O.C3H8N2O.C3H3NO/c1-8(2,3)6-10(5)7(11)9-4;1-5-6-7(2,3)4;1-4-7(3)5(8)6-2;1-4-3(6)5-2;1-2-4-3-5/h6H2,1-5H3,(H,9,11);5H,1,6H2,2-4H3;4H,1H2,2-3H3,(H,6,8);1-2H3,(H2,4,5,6);2H,1H2. The molecular weight excluding hydrogens is 474 g/mol. The number of nitrogens with zero attached hydrogens (tertiary/aromatic N) is 3. The van der Waals surface area contributed by atoms with Gasteiger partial charge in [-0.25, -0.2) is 19.2 Å². The summed E-state index contributed by atoms with van der Waals surface area (Å²) in [6.45, 7) is 23.9. The van der Waals surface area contributed by atoms with Crippen LogP contribution in [0.2, 0.25) is 0 Å². The van der Waals surface area contributed by atoms with Crippen LogP contribution >= 0.6 is 0 Å². The molecule has 0 aromatic heterocycles. The minimum Gasteiger partial charge on any atom is -0.341 e. The second-order valence-electron chi connectivity index (χ2n) is 9.61. The first-order valence-electron chi connectivity index (χ1n) is 11.6. The smallest absolute Gasteiger partial charge is 0.320 e. The van der Waals surface area contributed by atoms with Crippen molar-refractivity contribution in [3.63, 3.8) is 0 Å².